The van der Waals surface area contributed by atoms with Gasteiger partial charge in [0, 0.05) is 26.1 Å². The first kappa shape index (κ1) is 11.9. The molecule has 0 radical (unpaired) electrons. The smallest absolute Gasteiger partial charge is 0.192 e. The summed E-state index contributed by atoms with van der Waals surface area (Å²) in [5.74, 6) is 0.674. The van der Waals surface area contributed by atoms with E-state index in [9.17, 15) is 0 Å². The summed E-state index contributed by atoms with van der Waals surface area (Å²) in [6, 6.07) is 5.94. The molecule has 3 aromatic rings. The normalized spacial score (nSPS) is 11.4. The van der Waals surface area contributed by atoms with Gasteiger partial charge in [0.25, 0.3) is 0 Å². The second kappa shape index (κ2) is 4.20. The van der Waals surface area contributed by atoms with Crippen LogP contribution in [0.3, 0.4) is 0 Å². The first-order valence-electron chi connectivity index (χ1n) is 6.20. The molecule has 0 unspecified atom stereocenters. The number of rotatable bonds is 2. The number of aromatic nitrogens is 3. The van der Waals surface area contributed by atoms with Gasteiger partial charge in [-0.25, -0.2) is 4.98 Å². The summed E-state index contributed by atoms with van der Waals surface area (Å²) in [6.45, 7) is 4.38. The minimum atomic E-state index is 0.487. The Bertz CT molecular complexity index is 754. The van der Waals surface area contributed by atoms with Crippen molar-refractivity contribution in [2.75, 3.05) is 0 Å². The van der Waals surface area contributed by atoms with Crippen molar-refractivity contribution in [2.45, 2.75) is 20.4 Å². The molecular weight excluding hydrogens is 240 g/mol. The Morgan fingerprint density at radius 2 is 2.11 bits per heavy atom. The Morgan fingerprint density at radius 1 is 1.32 bits per heavy atom. The van der Waals surface area contributed by atoms with Crippen LogP contribution in [-0.2, 0) is 13.6 Å². The quantitative estimate of drug-likeness (QED) is 0.763. The van der Waals surface area contributed by atoms with E-state index in [1.807, 2.05) is 43.8 Å². The molecule has 0 bridgehead atoms. The Morgan fingerprint density at radius 3 is 2.79 bits per heavy atom. The maximum atomic E-state index is 5.75. The van der Waals surface area contributed by atoms with E-state index in [1.165, 1.54) is 0 Å². The van der Waals surface area contributed by atoms with Gasteiger partial charge in [-0.2, -0.15) is 5.10 Å². The molecule has 0 fully saturated rings. The van der Waals surface area contributed by atoms with Crippen LogP contribution in [0.25, 0.3) is 22.4 Å². The maximum Gasteiger partial charge on any atom is 0.192 e. The van der Waals surface area contributed by atoms with E-state index in [-0.39, 0.29) is 0 Å². The molecule has 2 aromatic heterocycles. The second-order valence-corrected chi connectivity index (χ2v) is 4.66. The number of oxazole rings is 1. The van der Waals surface area contributed by atoms with Crippen LogP contribution in [0.5, 0.6) is 0 Å². The van der Waals surface area contributed by atoms with E-state index in [0.717, 1.165) is 33.6 Å². The molecule has 3 rings (SSSR count). The molecule has 98 valence electrons. The fourth-order valence-corrected chi connectivity index (χ4v) is 2.41. The molecule has 5 nitrogen and oxygen atoms in total. The van der Waals surface area contributed by atoms with E-state index in [2.05, 4.69) is 10.1 Å². The molecule has 1 aromatic carbocycles. The highest BCUT2D eigenvalue weighted by molar-refractivity contribution is 5.80. The van der Waals surface area contributed by atoms with Gasteiger partial charge in [0.1, 0.15) is 5.52 Å². The van der Waals surface area contributed by atoms with E-state index in [4.69, 9.17) is 10.2 Å². The van der Waals surface area contributed by atoms with Crippen LogP contribution in [0, 0.1) is 13.8 Å². The number of aryl methyl sites for hydroxylation is 2. The summed E-state index contributed by atoms with van der Waals surface area (Å²) in [4.78, 5) is 4.35. The molecule has 0 aliphatic carbocycles. The molecule has 2 N–H and O–H groups in total. The van der Waals surface area contributed by atoms with E-state index < -0.39 is 0 Å². The SMILES string of the molecule is Cc1nc2cc(-c3nn(C)c(CN)c3C)ccc2o1. The lowest BCUT2D eigenvalue weighted by atomic mass is 10.1. The minimum absolute atomic E-state index is 0.487. The molecule has 0 spiro atoms. The third-order valence-corrected chi connectivity index (χ3v) is 3.39. The van der Waals surface area contributed by atoms with Crippen molar-refractivity contribution in [3.05, 3.63) is 35.3 Å². The van der Waals surface area contributed by atoms with Gasteiger partial charge < -0.3 is 10.2 Å². The third kappa shape index (κ3) is 1.82. The lowest BCUT2D eigenvalue weighted by Gasteiger charge is -1.99. The monoisotopic (exact) mass is 256 g/mol. The van der Waals surface area contributed by atoms with Crippen molar-refractivity contribution < 1.29 is 4.42 Å². The van der Waals surface area contributed by atoms with Crippen molar-refractivity contribution in [1.29, 1.82) is 0 Å². The fourth-order valence-electron chi connectivity index (χ4n) is 2.41. The summed E-state index contributed by atoms with van der Waals surface area (Å²) in [5, 5.41) is 4.54. The predicted octanol–water partition coefficient (Wildman–Crippen LogP) is 2.30. The highest BCUT2D eigenvalue weighted by atomic mass is 16.3. The van der Waals surface area contributed by atoms with Gasteiger partial charge in [-0.3, -0.25) is 4.68 Å². The molecule has 0 aliphatic heterocycles. The number of hydrogen-bond donors (Lipinski definition) is 1. The van der Waals surface area contributed by atoms with Crippen LogP contribution in [0.4, 0.5) is 0 Å². The summed E-state index contributed by atoms with van der Waals surface area (Å²) < 4.78 is 7.32. The van der Waals surface area contributed by atoms with Gasteiger partial charge in [0.2, 0.25) is 0 Å². The van der Waals surface area contributed by atoms with Crippen LogP contribution < -0.4 is 5.73 Å². The topological polar surface area (TPSA) is 69.9 Å². The Hall–Kier alpha value is -2.14. The van der Waals surface area contributed by atoms with Gasteiger partial charge in [-0.15, -0.1) is 0 Å². The molecule has 2 heterocycles. The third-order valence-electron chi connectivity index (χ3n) is 3.39. The Balaban J connectivity index is 2.18. The summed E-state index contributed by atoms with van der Waals surface area (Å²) in [5.41, 5.74) is 11.6. The lowest BCUT2D eigenvalue weighted by Crippen LogP contribution is -2.05. The van der Waals surface area contributed by atoms with Crippen LogP contribution in [0.1, 0.15) is 17.1 Å². The minimum Gasteiger partial charge on any atom is -0.441 e. The summed E-state index contributed by atoms with van der Waals surface area (Å²) >= 11 is 0. The van der Waals surface area contributed by atoms with Crippen LogP contribution >= 0.6 is 0 Å². The zero-order valence-electron chi connectivity index (χ0n) is 11.3. The lowest BCUT2D eigenvalue weighted by molar-refractivity contribution is 0.561. The standard InChI is InChI=1S/C14H16N4O/c1-8-12(7-15)18(3)17-14(8)10-4-5-13-11(6-10)16-9(2)19-13/h4-6H,7,15H2,1-3H3. The maximum absolute atomic E-state index is 5.75. The predicted molar refractivity (Wildman–Crippen MR) is 73.6 cm³/mol. The van der Waals surface area contributed by atoms with Crippen molar-refractivity contribution in [1.82, 2.24) is 14.8 Å². The van der Waals surface area contributed by atoms with Crippen molar-refractivity contribution in [2.24, 2.45) is 12.8 Å². The van der Waals surface area contributed by atoms with E-state index in [1.54, 1.807) is 0 Å². The van der Waals surface area contributed by atoms with Crippen LogP contribution in [-0.4, -0.2) is 14.8 Å². The molecule has 0 atom stereocenters. The molecule has 0 saturated carbocycles. The van der Waals surface area contributed by atoms with E-state index in [0.29, 0.717) is 12.4 Å². The van der Waals surface area contributed by atoms with Gasteiger partial charge in [-0.05, 0) is 30.7 Å². The number of hydrogen-bond acceptors (Lipinski definition) is 4. The van der Waals surface area contributed by atoms with Crippen molar-refractivity contribution in [3.63, 3.8) is 0 Å². The first-order chi connectivity index (χ1) is 9.10. The van der Waals surface area contributed by atoms with Crippen molar-refractivity contribution in [3.8, 4) is 11.3 Å². The van der Waals surface area contributed by atoms with Gasteiger partial charge in [-0.1, -0.05) is 0 Å². The van der Waals surface area contributed by atoms with Crippen molar-refractivity contribution >= 4 is 11.1 Å². The summed E-state index contributed by atoms with van der Waals surface area (Å²) in [6.07, 6.45) is 0. The number of benzene rings is 1. The van der Waals surface area contributed by atoms with E-state index >= 15 is 0 Å². The fraction of sp³-hybridized carbons (Fsp3) is 0.286. The van der Waals surface area contributed by atoms with Gasteiger partial charge in [0.05, 0.1) is 11.4 Å². The second-order valence-electron chi connectivity index (χ2n) is 4.66. The molecule has 0 aliphatic rings. The Kier molecular flexibility index (Phi) is 2.64. The van der Waals surface area contributed by atoms with Gasteiger partial charge in [0.15, 0.2) is 11.5 Å². The zero-order valence-corrected chi connectivity index (χ0v) is 11.3. The van der Waals surface area contributed by atoms with Gasteiger partial charge >= 0.3 is 0 Å². The molecule has 0 amide bonds. The highest BCUT2D eigenvalue weighted by Crippen LogP contribution is 2.27. The molecule has 0 saturated heterocycles. The largest absolute Gasteiger partial charge is 0.441 e. The average molecular weight is 256 g/mol. The molecule has 5 heteroatoms. The summed E-state index contributed by atoms with van der Waals surface area (Å²) in [7, 11) is 1.91. The molecular formula is C14H16N4O. The molecule has 19 heavy (non-hydrogen) atoms. The first-order valence-corrected chi connectivity index (χ1v) is 6.20. The number of nitrogens with zero attached hydrogens (tertiary/aromatic N) is 3. The highest BCUT2D eigenvalue weighted by Gasteiger charge is 2.14. The number of fused-ring (bicyclic) bond motifs is 1. The Labute approximate surface area is 111 Å². The zero-order chi connectivity index (χ0) is 13.6. The van der Waals surface area contributed by atoms with Crippen LogP contribution in [0.15, 0.2) is 22.6 Å². The average Bonchev–Trinajstić information content (AvgIpc) is 2.87. The van der Waals surface area contributed by atoms with Crippen LogP contribution in [0.2, 0.25) is 0 Å². The number of nitrogens with two attached hydrogens (primary N) is 1.